The smallest absolute Gasteiger partial charge is 0.213 e. The van der Waals surface area contributed by atoms with Gasteiger partial charge in [-0.3, -0.25) is 4.90 Å². The van der Waals surface area contributed by atoms with Crippen LogP contribution in [0.2, 0.25) is 0 Å². The number of likely N-dealkylation sites (tertiary alicyclic amines) is 1. The molecule has 1 saturated heterocycles. The van der Waals surface area contributed by atoms with Gasteiger partial charge in [0.2, 0.25) is 11.0 Å². The van der Waals surface area contributed by atoms with Crippen molar-refractivity contribution < 1.29 is 9.30 Å². The molecule has 5 rings (SSSR count). The van der Waals surface area contributed by atoms with E-state index in [4.69, 9.17) is 4.74 Å². The summed E-state index contributed by atoms with van der Waals surface area (Å²) in [6.07, 6.45) is 2.64. The summed E-state index contributed by atoms with van der Waals surface area (Å²) in [6.45, 7) is 4.17. The number of ether oxygens (including phenoxy) is 1. The van der Waals surface area contributed by atoms with Crippen molar-refractivity contribution >= 4 is 21.8 Å². The molecule has 0 bridgehead atoms. The zero-order valence-corrected chi connectivity index (χ0v) is 17.0. The Kier molecular flexibility index (Phi) is 4.91. The lowest BCUT2D eigenvalue weighted by Crippen LogP contribution is -2.30. The summed E-state index contributed by atoms with van der Waals surface area (Å²) < 4.78 is 8.45. The topological polar surface area (TPSA) is 16.4 Å². The number of pyridine rings is 1. The fourth-order valence-corrected chi connectivity index (χ4v) is 4.56. The van der Waals surface area contributed by atoms with Crippen LogP contribution in [0.3, 0.4) is 0 Å². The van der Waals surface area contributed by atoms with Gasteiger partial charge in [0, 0.05) is 24.2 Å². The quantitative estimate of drug-likeness (QED) is 0.358. The van der Waals surface area contributed by atoms with E-state index < -0.39 is 0 Å². The van der Waals surface area contributed by atoms with Gasteiger partial charge in [-0.2, -0.15) is 4.57 Å². The van der Waals surface area contributed by atoms with Crippen LogP contribution in [0.4, 0.5) is 0 Å². The van der Waals surface area contributed by atoms with Crippen LogP contribution in [0.25, 0.3) is 32.9 Å². The molecule has 0 radical (unpaired) electrons. The van der Waals surface area contributed by atoms with Crippen molar-refractivity contribution in [3.63, 3.8) is 0 Å². The Hall–Kier alpha value is -2.91. The molecule has 3 nitrogen and oxygen atoms in total. The number of fused-ring (bicyclic) bond motifs is 2. The maximum absolute atomic E-state index is 6.17. The number of aryl methyl sites for hydroxylation is 1. The van der Waals surface area contributed by atoms with Gasteiger partial charge in [0.1, 0.15) is 19.4 Å². The molecule has 0 amide bonds. The lowest BCUT2D eigenvalue weighted by molar-refractivity contribution is -0.617. The molecule has 1 aromatic heterocycles. The lowest BCUT2D eigenvalue weighted by atomic mass is 9.95. The Labute approximate surface area is 172 Å². The molecule has 0 unspecified atom stereocenters. The Morgan fingerprint density at radius 3 is 2.38 bits per heavy atom. The van der Waals surface area contributed by atoms with Gasteiger partial charge < -0.3 is 4.74 Å². The molecule has 0 saturated carbocycles. The van der Waals surface area contributed by atoms with Crippen LogP contribution in [0.15, 0.2) is 72.8 Å². The summed E-state index contributed by atoms with van der Waals surface area (Å²) in [5, 5.41) is 2.50. The third-order valence-electron chi connectivity index (χ3n) is 6.07. The summed E-state index contributed by atoms with van der Waals surface area (Å²) in [5.41, 5.74) is 4.97. The van der Waals surface area contributed by atoms with Crippen molar-refractivity contribution in [2.24, 2.45) is 7.05 Å². The van der Waals surface area contributed by atoms with Gasteiger partial charge in [-0.1, -0.05) is 42.5 Å². The van der Waals surface area contributed by atoms with Crippen molar-refractivity contribution in [1.29, 1.82) is 0 Å². The average Bonchev–Trinajstić information content (AvgIpc) is 3.28. The lowest BCUT2D eigenvalue weighted by Gasteiger charge is -2.15. The Balaban J connectivity index is 1.60. The van der Waals surface area contributed by atoms with E-state index >= 15 is 0 Å². The highest BCUT2D eigenvalue weighted by Gasteiger charge is 2.19. The molecular formula is C26H27N2O+. The normalized spacial score (nSPS) is 14.7. The molecule has 2 heterocycles. The van der Waals surface area contributed by atoms with Gasteiger partial charge in [0.05, 0.1) is 10.8 Å². The van der Waals surface area contributed by atoms with Crippen LogP contribution >= 0.6 is 0 Å². The minimum Gasteiger partial charge on any atom is -0.492 e. The number of nitrogens with zero attached hydrogens (tertiary/aromatic N) is 2. The van der Waals surface area contributed by atoms with Crippen LogP contribution in [-0.2, 0) is 7.05 Å². The van der Waals surface area contributed by atoms with Gasteiger partial charge in [0.25, 0.3) is 0 Å². The maximum atomic E-state index is 6.17. The molecule has 3 heteroatoms. The van der Waals surface area contributed by atoms with E-state index in [1.54, 1.807) is 0 Å². The largest absolute Gasteiger partial charge is 0.492 e. The van der Waals surface area contributed by atoms with Crippen molar-refractivity contribution in [3.8, 4) is 16.9 Å². The molecule has 0 aliphatic carbocycles. The molecule has 0 atom stereocenters. The molecular weight excluding hydrogens is 356 g/mol. The minimum absolute atomic E-state index is 0.742. The van der Waals surface area contributed by atoms with E-state index in [2.05, 4.69) is 89.3 Å². The first kappa shape index (κ1) is 18.1. The Morgan fingerprint density at radius 1 is 0.828 bits per heavy atom. The monoisotopic (exact) mass is 383 g/mol. The van der Waals surface area contributed by atoms with Crippen LogP contribution < -0.4 is 9.30 Å². The van der Waals surface area contributed by atoms with Gasteiger partial charge in [-0.15, -0.1) is 0 Å². The summed E-state index contributed by atoms with van der Waals surface area (Å²) in [6, 6.07) is 25.9. The van der Waals surface area contributed by atoms with Gasteiger partial charge in [-0.25, -0.2) is 0 Å². The number of hydrogen-bond donors (Lipinski definition) is 0. The molecule has 3 aromatic carbocycles. The third kappa shape index (κ3) is 3.47. The Morgan fingerprint density at radius 2 is 1.55 bits per heavy atom. The summed E-state index contributed by atoms with van der Waals surface area (Å²) in [4.78, 5) is 2.49. The zero-order chi connectivity index (χ0) is 19.6. The second-order valence-corrected chi connectivity index (χ2v) is 7.89. The number of rotatable bonds is 5. The third-order valence-corrected chi connectivity index (χ3v) is 6.07. The summed E-state index contributed by atoms with van der Waals surface area (Å²) >= 11 is 0. The molecule has 29 heavy (non-hydrogen) atoms. The average molecular weight is 384 g/mol. The van der Waals surface area contributed by atoms with Crippen molar-refractivity contribution in [2.45, 2.75) is 12.8 Å². The first-order valence-corrected chi connectivity index (χ1v) is 10.6. The predicted molar refractivity (Wildman–Crippen MR) is 119 cm³/mol. The van der Waals surface area contributed by atoms with Crippen molar-refractivity contribution in [1.82, 2.24) is 4.90 Å². The van der Waals surface area contributed by atoms with Crippen LogP contribution in [0.1, 0.15) is 12.8 Å². The van der Waals surface area contributed by atoms with E-state index in [0.29, 0.717) is 0 Å². The van der Waals surface area contributed by atoms with Gasteiger partial charge >= 0.3 is 0 Å². The standard InChI is InChI=1S/C26H27N2O/c1-27-24-12-6-5-11-22(24)26(20-9-3-2-4-10-20)23-19-21(13-14-25(23)27)29-18-17-28-15-7-8-16-28/h2-6,9-14,19H,7-8,15-18H2,1H3/q+1. The highest BCUT2D eigenvalue weighted by molar-refractivity contribution is 6.07. The van der Waals surface area contributed by atoms with Crippen molar-refractivity contribution in [3.05, 3.63) is 72.8 Å². The first-order chi connectivity index (χ1) is 14.3. The van der Waals surface area contributed by atoms with E-state index in [9.17, 15) is 0 Å². The number of aromatic nitrogens is 1. The van der Waals surface area contributed by atoms with E-state index in [-0.39, 0.29) is 0 Å². The molecule has 0 spiro atoms. The molecule has 4 aromatic rings. The van der Waals surface area contributed by atoms with Crippen LogP contribution in [0.5, 0.6) is 5.75 Å². The summed E-state index contributed by atoms with van der Waals surface area (Å²) in [7, 11) is 2.15. The highest BCUT2D eigenvalue weighted by atomic mass is 16.5. The SMILES string of the molecule is C[n+]1c2ccccc2c(-c2ccccc2)c2cc(OCCN3CCCC3)ccc21. The minimum atomic E-state index is 0.742. The van der Waals surface area contributed by atoms with Crippen molar-refractivity contribution in [2.75, 3.05) is 26.2 Å². The molecule has 146 valence electrons. The number of hydrogen-bond acceptors (Lipinski definition) is 2. The molecule has 1 fully saturated rings. The fourth-order valence-electron chi connectivity index (χ4n) is 4.56. The number of para-hydroxylation sites is 1. The second-order valence-electron chi connectivity index (χ2n) is 7.89. The zero-order valence-electron chi connectivity index (χ0n) is 17.0. The fraction of sp³-hybridized carbons (Fsp3) is 0.269. The Bertz CT molecular complexity index is 1150. The molecule has 1 aliphatic heterocycles. The highest BCUT2D eigenvalue weighted by Crippen LogP contribution is 2.35. The first-order valence-electron chi connectivity index (χ1n) is 10.6. The van der Waals surface area contributed by atoms with E-state index in [0.717, 1.165) is 18.9 Å². The van der Waals surface area contributed by atoms with E-state index in [1.807, 2.05) is 0 Å². The van der Waals surface area contributed by atoms with Gasteiger partial charge in [0.15, 0.2) is 0 Å². The van der Waals surface area contributed by atoms with Crippen LogP contribution in [-0.4, -0.2) is 31.1 Å². The maximum Gasteiger partial charge on any atom is 0.213 e. The second kappa shape index (κ2) is 7.84. The molecule has 0 N–H and O–H groups in total. The van der Waals surface area contributed by atoms with Crippen LogP contribution in [0, 0.1) is 0 Å². The van der Waals surface area contributed by atoms with Gasteiger partial charge in [-0.05, 0) is 49.7 Å². The predicted octanol–water partition coefficient (Wildman–Crippen LogP) is 4.96. The summed E-state index contributed by atoms with van der Waals surface area (Å²) in [5.74, 6) is 0.948. The number of benzene rings is 3. The van der Waals surface area contributed by atoms with E-state index in [1.165, 1.54) is 58.9 Å². The molecule has 1 aliphatic rings.